The van der Waals surface area contributed by atoms with E-state index < -0.39 is 9.84 Å². The fraction of sp³-hybridized carbons (Fsp3) is 0.625. The quantitative estimate of drug-likeness (QED) is 0.912. The van der Waals surface area contributed by atoms with Gasteiger partial charge in [0.15, 0.2) is 9.84 Å². The number of aryl methyl sites for hydroxylation is 2. The molecule has 1 aromatic carbocycles. The Morgan fingerprint density at radius 1 is 1.10 bits per heavy atom. The van der Waals surface area contributed by atoms with Crippen LogP contribution in [0, 0.1) is 19.8 Å². The Hall–Kier alpha value is -0.870. The molecule has 0 amide bonds. The molecule has 3 rings (SSSR count). The summed E-state index contributed by atoms with van der Waals surface area (Å²) in [4.78, 5) is 0.584. The molecule has 0 radical (unpaired) electrons. The zero-order valence-electron chi connectivity index (χ0n) is 12.6. The van der Waals surface area contributed by atoms with E-state index >= 15 is 0 Å². The highest BCUT2D eigenvalue weighted by Crippen LogP contribution is 2.44. The van der Waals surface area contributed by atoms with Crippen LogP contribution in [0.5, 0.6) is 0 Å². The predicted octanol–water partition coefficient (Wildman–Crippen LogP) is 2.91. The second-order valence-electron chi connectivity index (χ2n) is 6.47. The van der Waals surface area contributed by atoms with E-state index in [1.807, 2.05) is 32.9 Å². The van der Waals surface area contributed by atoms with Gasteiger partial charge in [-0.2, -0.15) is 0 Å². The molecule has 1 saturated carbocycles. The smallest absolute Gasteiger partial charge is 0.181 e. The Balaban J connectivity index is 2.23. The van der Waals surface area contributed by atoms with Crippen molar-refractivity contribution in [2.45, 2.75) is 62.8 Å². The van der Waals surface area contributed by atoms with Crippen LogP contribution in [0.25, 0.3) is 0 Å². The fourth-order valence-electron chi connectivity index (χ4n) is 3.31. The fourth-order valence-corrected chi connectivity index (χ4v) is 5.52. The molecule has 1 fully saturated rings. The molecule has 4 heteroatoms. The molecule has 2 aliphatic rings. The molecule has 0 spiro atoms. The van der Waals surface area contributed by atoms with Crippen molar-refractivity contribution in [2.75, 3.05) is 0 Å². The van der Waals surface area contributed by atoms with Crippen LogP contribution in [-0.2, 0) is 9.84 Å². The van der Waals surface area contributed by atoms with Crippen molar-refractivity contribution < 1.29 is 8.42 Å². The summed E-state index contributed by atoms with van der Waals surface area (Å²) >= 11 is 0. The third-order valence-electron chi connectivity index (χ3n) is 4.95. The largest absolute Gasteiger partial charge is 0.307 e. The molecule has 110 valence electrons. The summed E-state index contributed by atoms with van der Waals surface area (Å²) in [6, 6.07) is 4.72. The first-order chi connectivity index (χ1) is 9.34. The lowest BCUT2D eigenvalue weighted by molar-refractivity contribution is 0.354. The number of hydrogen-bond donors (Lipinski definition) is 1. The summed E-state index contributed by atoms with van der Waals surface area (Å²) in [6.45, 7) is 7.85. The Bertz CT molecular complexity index is 647. The minimum Gasteiger partial charge on any atom is -0.307 e. The monoisotopic (exact) mass is 293 g/mol. The van der Waals surface area contributed by atoms with Crippen LogP contribution < -0.4 is 5.32 Å². The molecule has 1 aliphatic heterocycles. The van der Waals surface area contributed by atoms with Gasteiger partial charge in [0.25, 0.3) is 0 Å². The maximum absolute atomic E-state index is 12.8. The summed E-state index contributed by atoms with van der Waals surface area (Å²) < 4.78 is 25.6. The molecular formula is C16H23NO2S. The average Bonchev–Trinajstić information content (AvgIpc) is 3.19. The van der Waals surface area contributed by atoms with Crippen LogP contribution in [0.4, 0.5) is 0 Å². The normalized spacial score (nSPS) is 31.9. The van der Waals surface area contributed by atoms with Crippen LogP contribution in [0.3, 0.4) is 0 Å². The van der Waals surface area contributed by atoms with Crippen molar-refractivity contribution in [1.82, 2.24) is 5.32 Å². The molecule has 1 aromatic rings. The maximum Gasteiger partial charge on any atom is 0.181 e. The zero-order valence-corrected chi connectivity index (χ0v) is 13.4. The molecule has 3 nitrogen and oxygen atoms in total. The predicted molar refractivity (Wildman–Crippen MR) is 80.6 cm³/mol. The summed E-state index contributed by atoms with van der Waals surface area (Å²) in [7, 11) is -3.21. The average molecular weight is 293 g/mol. The highest BCUT2D eigenvalue weighted by molar-refractivity contribution is 7.92. The third-order valence-corrected chi connectivity index (χ3v) is 7.47. The Morgan fingerprint density at radius 3 is 2.30 bits per heavy atom. The van der Waals surface area contributed by atoms with Gasteiger partial charge in [0, 0.05) is 12.1 Å². The van der Waals surface area contributed by atoms with Gasteiger partial charge < -0.3 is 5.32 Å². The third kappa shape index (κ3) is 2.01. The topological polar surface area (TPSA) is 46.2 Å². The Labute approximate surface area is 121 Å². The molecule has 0 aromatic heterocycles. The van der Waals surface area contributed by atoms with E-state index in [0.29, 0.717) is 10.9 Å². The summed E-state index contributed by atoms with van der Waals surface area (Å²) in [5, 5.41) is 3.34. The first-order valence-electron chi connectivity index (χ1n) is 7.44. The van der Waals surface area contributed by atoms with Gasteiger partial charge in [-0.15, -0.1) is 0 Å². The van der Waals surface area contributed by atoms with Crippen molar-refractivity contribution in [3.8, 4) is 0 Å². The summed E-state index contributed by atoms with van der Waals surface area (Å²) in [5.41, 5.74) is 2.99. The van der Waals surface area contributed by atoms with Gasteiger partial charge in [-0.05, 0) is 56.2 Å². The van der Waals surface area contributed by atoms with Gasteiger partial charge in [-0.3, -0.25) is 0 Å². The first kappa shape index (κ1) is 14.1. The highest BCUT2D eigenvalue weighted by atomic mass is 32.2. The van der Waals surface area contributed by atoms with Crippen LogP contribution >= 0.6 is 0 Å². The van der Waals surface area contributed by atoms with Gasteiger partial charge in [-0.1, -0.05) is 19.1 Å². The minimum absolute atomic E-state index is 0.105. The lowest BCUT2D eigenvalue weighted by Gasteiger charge is -2.38. The molecule has 1 N–H and O–H groups in total. The van der Waals surface area contributed by atoms with E-state index in [1.54, 1.807) is 0 Å². The minimum atomic E-state index is -3.21. The number of rotatable bonds is 2. The second-order valence-corrected chi connectivity index (χ2v) is 8.71. The van der Waals surface area contributed by atoms with E-state index in [0.717, 1.165) is 16.7 Å². The number of nitrogens with one attached hydrogen (secondary N) is 1. The van der Waals surface area contributed by atoms with E-state index in [4.69, 9.17) is 0 Å². The van der Waals surface area contributed by atoms with E-state index in [9.17, 15) is 8.42 Å². The summed E-state index contributed by atoms with van der Waals surface area (Å²) in [5.74, 6) is 0.105. The van der Waals surface area contributed by atoms with Crippen LogP contribution in [0.2, 0.25) is 0 Å². The van der Waals surface area contributed by atoms with Gasteiger partial charge >= 0.3 is 0 Å². The number of hydrogen-bond acceptors (Lipinski definition) is 3. The molecule has 1 heterocycles. The lowest BCUT2D eigenvalue weighted by atomic mass is 9.87. The number of benzene rings is 1. The van der Waals surface area contributed by atoms with Crippen molar-refractivity contribution in [3.05, 3.63) is 28.8 Å². The number of sulfone groups is 1. The van der Waals surface area contributed by atoms with Crippen LogP contribution in [-0.4, -0.2) is 19.7 Å². The molecule has 0 bridgehead atoms. The van der Waals surface area contributed by atoms with Gasteiger partial charge in [0.2, 0.25) is 0 Å². The van der Waals surface area contributed by atoms with Gasteiger partial charge in [-0.25, -0.2) is 8.42 Å². The molecule has 1 aliphatic carbocycles. The van der Waals surface area contributed by atoms with Crippen molar-refractivity contribution in [3.63, 3.8) is 0 Å². The standard InChI is InChI=1S/C16H23NO2S/c1-9-5-6-10(2)16-14(9)15(17-13-7-8-13)11(3)12(4)20(16,18)19/h5-6,11-13,15,17H,7-8H2,1-4H3. The molecule has 3 atom stereocenters. The zero-order chi connectivity index (χ0) is 14.7. The lowest BCUT2D eigenvalue weighted by Crippen LogP contribution is -2.43. The number of fused-ring (bicyclic) bond motifs is 1. The molecule has 20 heavy (non-hydrogen) atoms. The van der Waals surface area contributed by atoms with E-state index in [2.05, 4.69) is 12.2 Å². The van der Waals surface area contributed by atoms with Crippen LogP contribution in [0.15, 0.2) is 17.0 Å². The van der Waals surface area contributed by atoms with Crippen molar-refractivity contribution >= 4 is 9.84 Å². The highest BCUT2D eigenvalue weighted by Gasteiger charge is 2.44. The molecule has 0 saturated heterocycles. The van der Waals surface area contributed by atoms with Crippen LogP contribution in [0.1, 0.15) is 49.4 Å². The Morgan fingerprint density at radius 2 is 1.70 bits per heavy atom. The van der Waals surface area contributed by atoms with Gasteiger partial charge in [0.05, 0.1) is 10.1 Å². The first-order valence-corrected chi connectivity index (χ1v) is 8.98. The second kappa shape index (κ2) is 4.57. The Kier molecular flexibility index (Phi) is 3.22. The molecule has 3 unspecified atom stereocenters. The SMILES string of the molecule is Cc1ccc(C)c2c1C(NC1CC1)C(C)C(C)S2(=O)=O. The molecular weight excluding hydrogens is 270 g/mol. The summed E-state index contributed by atoms with van der Waals surface area (Å²) in [6.07, 6.45) is 2.43. The van der Waals surface area contributed by atoms with Crippen molar-refractivity contribution in [2.24, 2.45) is 5.92 Å². The van der Waals surface area contributed by atoms with E-state index in [1.165, 1.54) is 12.8 Å². The maximum atomic E-state index is 12.8. The van der Waals surface area contributed by atoms with Gasteiger partial charge in [0.1, 0.15) is 0 Å². The van der Waals surface area contributed by atoms with Crippen molar-refractivity contribution in [1.29, 1.82) is 0 Å². The van der Waals surface area contributed by atoms with E-state index in [-0.39, 0.29) is 17.2 Å².